The molecule has 0 aliphatic rings. The van der Waals surface area contributed by atoms with Crippen molar-refractivity contribution in [1.82, 2.24) is 14.8 Å². The second-order valence-corrected chi connectivity index (χ2v) is 6.62. The quantitative estimate of drug-likeness (QED) is 0.324. The molecule has 4 aromatic rings. The van der Waals surface area contributed by atoms with Gasteiger partial charge in [-0.15, -0.1) is 0 Å². The van der Waals surface area contributed by atoms with Crippen molar-refractivity contribution in [2.45, 2.75) is 12.6 Å². The number of Topliss-reactive ketones (excluding diaryl/α,β-unsaturated/α-hetero) is 1. The lowest BCUT2D eigenvalue weighted by Crippen LogP contribution is -2.15. The maximum Gasteiger partial charge on any atom is 0.417 e. The molecule has 2 aromatic carbocycles. The predicted octanol–water partition coefficient (Wildman–Crippen LogP) is 5.28. The minimum Gasteiger partial charge on any atom is -0.294 e. The molecule has 0 aliphatic carbocycles. The van der Waals surface area contributed by atoms with E-state index in [0.717, 1.165) is 41.2 Å². The van der Waals surface area contributed by atoms with Crippen LogP contribution in [0.2, 0.25) is 0 Å². The molecule has 0 amide bonds. The van der Waals surface area contributed by atoms with Crippen LogP contribution in [0.5, 0.6) is 0 Å². The van der Waals surface area contributed by atoms with Crippen molar-refractivity contribution in [2.24, 2.45) is 0 Å². The minimum absolute atomic E-state index is 0.0815. The van der Waals surface area contributed by atoms with Crippen LogP contribution in [0.1, 0.15) is 21.6 Å². The number of hydrogen-bond acceptors (Lipinski definition) is 3. The summed E-state index contributed by atoms with van der Waals surface area (Å²) in [5, 5.41) is 4.16. The summed E-state index contributed by atoms with van der Waals surface area (Å²) in [4.78, 5) is 16.3. The second kappa shape index (κ2) is 7.53. The van der Waals surface area contributed by atoms with Gasteiger partial charge in [-0.2, -0.15) is 18.3 Å². The highest BCUT2D eigenvalue weighted by Crippen LogP contribution is 2.33. The zero-order valence-corrected chi connectivity index (χ0v) is 15.4. The number of ketones is 1. The molecule has 2 aromatic heterocycles. The van der Waals surface area contributed by atoms with Gasteiger partial charge in [0.1, 0.15) is 11.6 Å². The van der Waals surface area contributed by atoms with Crippen molar-refractivity contribution >= 4 is 16.7 Å². The standard InChI is InChI=1S/C21H11F6N3O/c22-11-5-6-18-14(7-11)17(29-30(18)20-16(24)8-12(23)10-28-20)9-19(31)13-3-1-2-4-15(13)21(25,26)27/h1-8,10H,9H2. The van der Waals surface area contributed by atoms with Gasteiger partial charge in [-0.3, -0.25) is 4.79 Å². The summed E-state index contributed by atoms with van der Waals surface area (Å²) in [6.07, 6.45) is -4.61. The van der Waals surface area contributed by atoms with Crippen LogP contribution >= 0.6 is 0 Å². The molecule has 31 heavy (non-hydrogen) atoms. The first kappa shape index (κ1) is 20.6. The molecule has 0 spiro atoms. The van der Waals surface area contributed by atoms with Gasteiger partial charge in [0.15, 0.2) is 17.4 Å². The van der Waals surface area contributed by atoms with E-state index in [1.165, 1.54) is 12.1 Å². The molecule has 0 bridgehead atoms. The van der Waals surface area contributed by atoms with Crippen molar-refractivity contribution in [3.8, 4) is 5.82 Å². The Labute approximate surface area is 170 Å². The largest absolute Gasteiger partial charge is 0.417 e. The van der Waals surface area contributed by atoms with Gasteiger partial charge < -0.3 is 0 Å². The molecule has 0 atom stereocenters. The first-order valence-corrected chi connectivity index (χ1v) is 8.83. The maximum atomic E-state index is 14.2. The molecular formula is C21H11F6N3O. The number of nitrogens with zero attached hydrogens (tertiary/aromatic N) is 3. The number of pyridine rings is 1. The molecule has 0 radical (unpaired) electrons. The van der Waals surface area contributed by atoms with Gasteiger partial charge in [-0.25, -0.2) is 22.8 Å². The fraction of sp³-hybridized carbons (Fsp3) is 0.0952. The lowest BCUT2D eigenvalue weighted by atomic mass is 9.99. The predicted molar refractivity (Wildman–Crippen MR) is 98.2 cm³/mol. The summed E-state index contributed by atoms with van der Waals surface area (Å²) < 4.78 is 82.0. The summed E-state index contributed by atoms with van der Waals surface area (Å²) in [6, 6.07) is 8.17. The van der Waals surface area contributed by atoms with Crippen molar-refractivity contribution in [2.75, 3.05) is 0 Å². The number of alkyl halides is 3. The number of hydrogen-bond donors (Lipinski definition) is 0. The number of carbonyl (C=O) groups is 1. The molecule has 0 saturated heterocycles. The summed E-state index contributed by atoms with van der Waals surface area (Å²) in [7, 11) is 0. The number of halogens is 6. The fourth-order valence-electron chi connectivity index (χ4n) is 3.23. The summed E-state index contributed by atoms with van der Waals surface area (Å²) in [5.74, 6) is -4.00. The molecule has 0 fully saturated rings. The Morgan fingerprint density at radius 1 is 0.968 bits per heavy atom. The molecular weight excluding hydrogens is 424 g/mol. The zero-order valence-electron chi connectivity index (χ0n) is 15.4. The normalized spacial score (nSPS) is 11.8. The van der Waals surface area contributed by atoms with Gasteiger partial charge in [-0.05, 0) is 24.3 Å². The highest BCUT2D eigenvalue weighted by molar-refractivity contribution is 6.00. The van der Waals surface area contributed by atoms with Crippen LogP contribution < -0.4 is 0 Å². The molecule has 0 aliphatic heterocycles. The lowest BCUT2D eigenvalue weighted by Gasteiger charge is -2.11. The van der Waals surface area contributed by atoms with Gasteiger partial charge in [0, 0.05) is 17.0 Å². The first-order valence-electron chi connectivity index (χ1n) is 8.83. The Kier molecular flexibility index (Phi) is 5.00. The fourth-order valence-corrected chi connectivity index (χ4v) is 3.23. The number of benzene rings is 2. The van der Waals surface area contributed by atoms with Crippen LogP contribution in [-0.4, -0.2) is 20.5 Å². The topological polar surface area (TPSA) is 47.8 Å². The molecule has 0 saturated carbocycles. The first-order chi connectivity index (χ1) is 14.6. The third kappa shape index (κ3) is 3.88. The molecule has 4 rings (SSSR count). The van der Waals surface area contributed by atoms with Crippen molar-refractivity contribution in [1.29, 1.82) is 0 Å². The van der Waals surface area contributed by atoms with Crippen molar-refractivity contribution in [3.05, 3.63) is 89.0 Å². The van der Waals surface area contributed by atoms with Crippen LogP contribution in [-0.2, 0) is 12.6 Å². The van der Waals surface area contributed by atoms with Gasteiger partial charge in [0.25, 0.3) is 0 Å². The average molecular weight is 435 g/mol. The van der Waals surface area contributed by atoms with Gasteiger partial charge in [0.2, 0.25) is 0 Å². The van der Waals surface area contributed by atoms with E-state index in [2.05, 4.69) is 10.1 Å². The molecule has 158 valence electrons. The van der Waals surface area contributed by atoms with Gasteiger partial charge in [0.05, 0.1) is 29.4 Å². The van der Waals surface area contributed by atoms with E-state index in [4.69, 9.17) is 0 Å². The summed E-state index contributed by atoms with van der Waals surface area (Å²) >= 11 is 0. The van der Waals surface area contributed by atoms with E-state index in [-0.39, 0.29) is 16.6 Å². The third-order valence-electron chi connectivity index (χ3n) is 4.57. The highest BCUT2D eigenvalue weighted by Gasteiger charge is 2.35. The second-order valence-electron chi connectivity index (χ2n) is 6.62. The van der Waals surface area contributed by atoms with Crippen LogP contribution in [0.25, 0.3) is 16.7 Å². The Morgan fingerprint density at radius 3 is 2.42 bits per heavy atom. The van der Waals surface area contributed by atoms with E-state index >= 15 is 0 Å². The van der Waals surface area contributed by atoms with E-state index in [1.807, 2.05) is 0 Å². The lowest BCUT2D eigenvalue weighted by molar-refractivity contribution is -0.137. The third-order valence-corrected chi connectivity index (χ3v) is 4.57. The molecule has 4 nitrogen and oxygen atoms in total. The Morgan fingerprint density at radius 2 is 1.71 bits per heavy atom. The summed E-state index contributed by atoms with van der Waals surface area (Å²) in [6.45, 7) is 0. The van der Waals surface area contributed by atoms with Gasteiger partial charge >= 0.3 is 6.18 Å². The number of fused-ring (bicyclic) bond motifs is 1. The van der Waals surface area contributed by atoms with Crippen LogP contribution in [0.3, 0.4) is 0 Å². The maximum absolute atomic E-state index is 14.2. The van der Waals surface area contributed by atoms with Crippen LogP contribution in [0, 0.1) is 17.5 Å². The van der Waals surface area contributed by atoms with Crippen LogP contribution in [0.15, 0.2) is 54.7 Å². The minimum atomic E-state index is -4.75. The van der Waals surface area contributed by atoms with Crippen molar-refractivity contribution < 1.29 is 31.1 Å². The zero-order chi connectivity index (χ0) is 22.3. The smallest absolute Gasteiger partial charge is 0.294 e. The molecule has 10 heteroatoms. The Bertz CT molecular complexity index is 1310. The average Bonchev–Trinajstić information content (AvgIpc) is 3.04. The molecule has 0 unspecified atom stereocenters. The SMILES string of the molecule is O=C(Cc1nn(-c2ncc(F)cc2F)c2ccc(F)cc12)c1ccccc1C(F)(F)F. The van der Waals surface area contributed by atoms with Crippen LogP contribution in [0.4, 0.5) is 26.3 Å². The van der Waals surface area contributed by atoms with E-state index in [0.29, 0.717) is 6.07 Å². The Balaban J connectivity index is 1.82. The van der Waals surface area contributed by atoms with Crippen molar-refractivity contribution in [3.63, 3.8) is 0 Å². The van der Waals surface area contributed by atoms with E-state index in [9.17, 15) is 31.1 Å². The van der Waals surface area contributed by atoms with E-state index in [1.54, 1.807) is 0 Å². The van der Waals surface area contributed by atoms with Gasteiger partial charge in [-0.1, -0.05) is 18.2 Å². The van der Waals surface area contributed by atoms with E-state index < -0.39 is 52.8 Å². The summed E-state index contributed by atoms with van der Waals surface area (Å²) in [5.41, 5.74) is -1.62. The Hall–Kier alpha value is -3.69. The monoisotopic (exact) mass is 435 g/mol. The number of carbonyl (C=O) groups excluding carboxylic acids is 1. The molecule has 0 N–H and O–H groups in total. The highest BCUT2D eigenvalue weighted by atomic mass is 19.4. The molecule has 2 heterocycles. The number of aromatic nitrogens is 3. The number of rotatable bonds is 4.